The molecular formula is C21H25ClFN5O3. The third kappa shape index (κ3) is 3.09. The van der Waals surface area contributed by atoms with Crippen molar-refractivity contribution in [3.63, 3.8) is 0 Å². The monoisotopic (exact) mass is 449 g/mol. The number of pyridine rings is 2. The Labute approximate surface area is 184 Å². The third-order valence-electron chi connectivity index (χ3n) is 6.65. The van der Waals surface area contributed by atoms with Crippen LogP contribution in [-0.4, -0.2) is 81.3 Å². The van der Waals surface area contributed by atoms with Gasteiger partial charge in [0, 0.05) is 24.0 Å². The van der Waals surface area contributed by atoms with Gasteiger partial charge in [0.05, 0.1) is 29.7 Å². The number of piperazine rings is 1. The summed E-state index contributed by atoms with van der Waals surface area (Å²) in [6, 6.07) is 0.754. The van der Waals surface area contributed by atoms with Gasteiger partial charge in [0.15, 0.2) is 0 Å². The summed E-state index contributed by atoms with van der Waals surface area (Å²) in [7, 11) is 3.95. The fraction of sp³-hybridized carbons (Fsp3) is 0.571. The number of likely N-dealkylation sites (N-methyl/N-ethyl adjacent to an activating group) is 1. The van der Waals surface area contributed by atoms with Crippen molar-refractivity contribution in [2.45, 2.75) is 55.9 Å². The maximum absolute atomic E-state index is 14.9. The van der Waals surface area contributed by atoms with Crippen molar-refractivity contribution in [3.05, 3.63) is 23.8 Å². The second-order valence-electron chi connectivity index (χ2n) is 8.82. The van der Waals surface area contributed by atoms with Gasteiger partial charge in [-0.15, -0.1) is 0 Å². The van der Waals surface area contributed by atoms with Crippen molar-refractivity contribution in [2.75, 3.05) is 25.5 Å². The Morgan fingerprint density at radius 3 is 2.84 bits per heavy atom. The first-order chi connectivity index (χ1) is 14.8. The number of ether oxygens (including phenoxy) is 1. The highest BCUT2D eigenvalue weighted by atomic mass is 35.5. The van der Waals surface area contributed by atoms with Gasteiger partial charge >= 0.3 is 6.09 Å². The van der Waals surface area contributed by atoms with Gasteiger partial charge in [0.1, 0.15) is 23.2 Å². The van der Waals surface area contributed by atoms with E-state index in [0.717, 1.165) is 12.2 Å². The normalized spacial score (nSPS) is 29.2. The molecule has 5 unspecified atom stereocenters. The number of carbonyl (C=O) groups is 1. The van der Waals surface area contributed by atoms with Crippen molar-refractivity contribution in [1.29, 1.82) is 0 Å². The molecule has 2 saturated heterocycles. The summed E-state index contributed by atoms with van der Waals surface area (Å²) in [5, 5.41) is 10.7. The average molecular weight is 450 g/mol. The predicted octanol–water partition coefficient (Wildman–Crippen LogP) is 2.92. The van der Waals surface area contributed by atoms with Gasteiger partial charge in [-0.1, -0.05) is 11.6 Å². The molecule has 0 saturated carbocycles. The lowest BCUT2D eigenvalue weighted by atomic mass is 9.97. The van der Waals surface area contributed by atoms with Crippen LogP contribution in [0, 0.1) is 5.82 Å². The Bertz CT molecular complexity index is 1050. The smallest absolute Gasteiger partial charge is 0.407 e. The molecule has 10 heteroatoms. The first-order valence-electron chi connectivity index (χ1n) is 10.5. The largest absolute Gasteiger partial charge is 0.472 e. The van der Waals surface area contributed by atoms with Crippen molar-refractivity contribution in [2.24, 2.45) is 0 Å². The van der Waals surface area contributed by atoms with Crippen LogP contribution in [0.3, 0.4) is 0 Å². The number of carboxylic acid groups (broad SMARTS) is 1. The van der Waals surface area contributed by atoms with E-state index in [1.54, 1.807) is 6.07 Å². The minimum absolute atomic E-state index is 0.283. The van der Waals surface area contributed by atoms with Crippen LogP contribution in [0.5, 0.6) is 5.88 Å². The van der Waals surface area contributed by atoms with Gasteiger partial charge in [-0.25, -0.2) is 19.2 Å². The van der Waals surface area contributed by atoms with Crippen LogP contribution in [-0.2, 0) is 6.42 Å². The maximum atomic E-state index is 14.9. The fourth-order valence-corrected chi connectivity index (χ4v) is 5.78. The number of halogens is 2. The van der Waals surface area contributed by atoms with E-state index in [0.29, 0.717) is 41.7 Å². The molecule has 0 radical (unpaired) electrons. The minimum atomic E-state index is -0.978. The summed E-state index contributed by atoms with van der Waals surface area (Å²) in [5.74, 6) is 0.396. The zero-order valence-corrected chi connectivity index (χ0v) is 18.4. The summed E-state index contributed by atoms with van der Waals surface area (Å²) in [6.07, 6.45) is 1.78. The molecule has 8 nitrogen and oxygen atoms in total. The second-order valence-corrected chi connectivity index (χ2v) is 9.27. The van der Waals surface area contributed by atoms with E-state index < -0.39 is 23.5 Å². The molecule has 1 N–H and O–H groups in total. The van der Waals surface area contributed by atoms with Crippen LogP contribution in [0.25, 0.3) is 10.8 Å². The summed E-state index contributed by atoms with van der Waals surface area (Å²) in [6.45, 7) is 2.64. The Balaban J connectivity index is 1.72. The summed E-state index contributed by atoms with van der Waals surface area (Å²) in [5.41, 5.74) is 0.109. The average Bonchev–Trinajstić information content (AvgIpc) is 3.04. The molecule has 0 aromatic carbocycles. The van der Waals surface area contributed by atoms with E-state index in [1.807, 2.05) is 30.8 Å². The highest BCUT2D eigenvalue weighted by molar-refractivity contribution is 6.23. The molecule has 2 fully saturated rings. The molecule has 5 atom stereocenters. The number of hydrogen-bond acceptors (Lipinski definition) is 6. The summed E-state index contributed by atoms with van der Waals surface area (Å²) >= 11 is 6.93. The van der Waals surface area contributed by atoms with Crippen LogP contribution < -0.4 is 9.64 Å². The topological polar surface area (TPSA) is 82.0 Å². The molecule has 5 heterocycles. The van der Waals surface area contributed by atoms with Crippen LogP contribution in [0.2, 0.25) is 0 Å². The zero-order valence-electron chi connectivity index (χ0n) is 17.6. The number of nitrogens with zero attached hydrogens (tertiary/aromatic N) is 5. The molecule has 3 aliphatic rings. The van der Waals surface area contributed by atoms with Gasteiger partial charge in [-0.2, -0.15) is 0 Å². The SMILES string of the molecule is CC1Oc2ncc(F)c3cc(CCN(C)C)nc(c23)N2C(Cl)C3CCC(C12)N3C(=O)O. The highest BCUT2D eigenvalue weighted by Crippen LogP contribution is 2.48. The van der Waals surface area contributed by atoms with Crippen LogP contribution >= 0.6 is 11.6 Å². The molecule has 1 amide bonds. The van der Waals surface area contributed by atoms with Gasteiger partial charge in [-0.3, -0.25) is 4.90 Å². The molecule has 5 rings (SSSR count). The highest BCUT2D eigenvalue weighted by Gasteiger charge is 2.56. The first kappa shape index (κ1) is 20.5. The number of anilines is 1. The minimum Gasteiger partial charge on any atom is -0.472 e. The summed E-state index contributed by atoms with van der Waals surface area (Å²) in [4.78, 5) is 26.6. The Kier molecular flexibility index (Phi) is 4.86. The maximum Gasteiger partial charge on any atom is 0.407 e. The number of alkyl halides is 1. The van der Waals surface area contributed by atoms with Crippen molar-refractivity contribution in [1.82, 2.24) is 19.8 Å². The molecular weight excluding hydrogens is 425 g/mol. The molecule has 2 aromatic rings. The molecule has 166 valence electrons. The lowest BCUT2D eigenvalue weighted by Gasteiger charge is -2.50. The van der Waals surface area contributed by atoms with Crippen molar-refractivity contribution < 1.29 is 19.0 Å². The van der Waals surface area contributed by atoms with Gasteiger partial charge in [-0.05, 0) is 39.9 Å². The predicted molar refractivity (Wildman–Crippen MR) is 114 cm³/mol. The van der Waals surface area contributed by atoms with Crippen LogP contribution in [0.1, 0.15) is 25.5 Å². The van der Waals surface area contributed by atoms with E-state index in [-0.39, 0.29) is 18.1 Å². The van der Waals surface area contributed by atoms with Crippen LogP contribution in [0.4, 0.5) is 15.0 Å². The third-order valence-corrected chi connectivity index (χ3v) is 7.15. The second kappa shape index (κ2) is 7.34. The quantitative estimate of drug-likeness (QED) is 0.569. The van der Waals surface area contributed by atoms with Crippen molar-refractivity contribution in [3.8, 4) is 5.88 Å². The number of hydrogen-bond donors (Lipinski definition) is 1. The van der Waals surface area contributed by atoms with Gasteiger partial charge < -0.3 is 19.6 Å². The summed E-state index contributed by atoms with van der Waals surface area (Å²) < 4.78 is 21.0. The van der Waals surface area contributed by atoms with E-state index in [4.69, 9.17) is 21.3 Å². The van der Waals surface area contributed by atoms with Crippen molar-refractivity contribution >= 4 is 34.3 Å². The standard InChI is InChI=1S/C21H25ClFN5O3/c1-10-17-14-4-5-15(27(14)21(29)30)18(22)28(17)19-16-12(13(23)9-24-20(16)31-10)8-11(25-19)6-7-26(2)3/h8-10,14-15,17-18H,4-7H2,1-3H3,(H,29,30). The van der Waals surface area contributed by atoms with Crippen LogP contribution in [0.15, 0.2) is 12.3 Å². The van der Waals surface area contributed by atoms with Gasteiger partial charge in [0.25, 0.3) is 0 Å². The lowest BCUT2D eigenvalue weighted by molar-refractivity contribution is 0.0656. The molecule has 0 aliphatic carbocycles. The van der Waals surface area contributed by atoms with E-state index >= 15 is 0 Å². The van der Waals surface area contributed by atoms with Gasteiger partial charge in [0.2, 0.25) is 5.88 Å². The molecule has 3 aliphatic heterocycles. The number of fused-ring (bicyclic) bond motifs is 5. The molecule has 2 bridgehead atoms. The molecule has 0 spiro atoms. The van der Waals surface area contributed by atoms with E-state index in [1.165, 1.54) is 11.1 Å². The number of aromatic nitrogens is 2. The zero-order chi connectivity index (χ0) is 22.0. The van der Waals surface area contributed by atoms with E-state index in [2.05, 4.69) is 4.98 Å². The molecule has 2 aromatic heterocycles. The fourth-order valence-electron chi connectivity index (χ4n) is 5.31. The number of rotatable bonds is 3. The number of amides is 1. The Morgan fingerprint density at radius 2 is 2.13 bits per heavy atom. The van der Waals surface area contributed by atoms with E-state index in [9.17, 15) is 14.3 Å². The Hall–Kier alpha value is -2.39. The Morgan fingerprint density at radius 1 is 1.39 bits per heavy atom. The molecule has 31 heavy (non-hydrogen) atoms. The lowest BCUT2D eigenvalue weighted by Crippen LogP contribution is -2.67. The first-order valence-corrected chi connectivity index (χ1v) is 10.9.